The number of hydrogen-bond donors (Lipinski definition) is 1. The van der Waals surface area contributed by atoms with Crippen molar-refractivity contribution in [1.29, 1.82) is 0 Å². The van der Waals surface area contributed by atoms with Gasteiger partial charge in [0.15, 0.2) is 0 Å². The Balaban J connectivity index is 1.58. The average Bonchev–Trinajstić information content (AvgIpc) is 2.67. The summed E-state index contributed by atoms with van der Waals surface area (Å²) in [7, 11) is 0. The summed E-state index contributed by atoms with van der Waals surface area (Å²) in [6.07, 6.45) is 1.72. The van der Waals surface area contributed by atoms with Crippen LogP contribution in [0, 0.1) is 10.1 Å². The van der Waals surface area contributed by atoms with Crippen LogP contribution in [0.3, 0.4) is 0 Å². The number of ether oxygens (including phenoxy) is 1. The lowest BCUT2D eigenvalue weighted by Crippen LogP contribution is -2.36. The molecule has 130 valence electrons. The van der Waals surface area contributed by atoms with Crippen molar-refractivity contribution >= 4 is 17.4 Å². The molecule has 1 aromatic heterocycles. The third-order valence-corrected chi connectivity index (χ3v) is 3.92. The zero-order valence-corrected chi connectivity index (χ0v) is 13.6. The molecule has 3 rings (SSSR count). The highest BCUT2D eigenvalue weighted by atomic mass is 16.6. The third kappa shape index (κ3) is 4.30. The lowest BCUT2D eigenvalue weighted by molar-refractivity contribution is -0.384. The third-order valence-electron chi connectivity index (χ3n) is 3.92. The van der Waals surface area contributed by atoms with Gasteiger partial charge in [0.2, 0.25) is 0 Å². The Morgan fingerprint density at radius 2 is 2.08 bits per heavy atom. The van der Waals surface area contributed by atoms with Crippen LogP contribution in [-0.2, 0) is 11.3 Å². The summed E-state index contributed by atoms with van der Waals surface area (Å²) < 4.78 is 5.32. The Bertz CT molecular complexity index is 757. The first-order chi connectivity index (χ1) is 12.1. The molecule has 0 unspecified atom stereocenters. The molecule has 1 aliphatic heterocycles. The molecule has 2 heterocycles. The van der Waals surface area contributed by atoms with E-state index in [-0.39, 0.29) is 17.2 Å². The number of non-ortho nitro benzene ring substituents is 1. The second kappa shape index (κ2) is 7.71. The molecular weight excluding hydrogens is 324 g/mol. The van der Waals surface area contributed by atoms with Gasteiger partial charge in [0.05, 0.1) is 18.1 Å². The number of benzene rings is 1. The maximum Gasteiger partial charge on any atom is 0.270 e. The van der Waals surface area contributed by atoms with Gasteiger partial charge >= 0.3 is 0 Å². The Morgan fingerprint density at radius 1 is 1.28 bits per heavy atom. The van der Waals surface area contributed by atoms with Crippen LogP contribution >= 0.6 is 0 Å². The molecule has 2 aromatic rings. The molecule has 1 aromatic carbocycles. The van der Waals surface area contributed by atoms with E-state index in [1.165, 1.54) is 18.2 Å². The van der Waals surface area contributed by atoms with Crippen molar-refractivity contribution in [3.05, 3.63) is 63.8 Å². The molecular formula is C17H18N4O4. The number of carbonyl (C=O) groups excluding carboxylic acids is 1. The highest BCUT2D eigenvalue weighted by Gasteiger charge is 2.13. The molecule has 8 heteroatoms. The van der Waals surface area contributed by atoms with Crippen molar-refractivity contribution in [1.82, 2.24) is 10.3 Å². The van der Waals surface area contributed by atoms with Crippen molar-refractivity contribution in [2.45, 2.75) is 6.54 Å². The van der Waals surface area contributed by atoms with Crippen LogP contribution in [0.1, 0.15) is 15.9 Å². The molecule has 1 aliphatic rings. The molecule has 0 aliphatic carbocycles. The number of carbonyl (C=O) groups is 1. The highest BCUT2D eigenvalue weighted by Crippen LogP contribution is 2.14. The molecule has 0 saturated carbocycles. The van der Waals surface area contributed by atoms with Crippen LogP contribution in [0.25, 0.3) is 0 Å². The van der Waals surface area contributed by atoms with Crippen molar-refractivity contribution in [3.63, 3.8) is 0 Å². The first-order valence-electron chi connectivity index (χ1n) is 7.94. The molecule has 1 fully saturated rings. The number of morpholine rings is 1. The summed E-state index contributed by atoms with van der Waals surface area (Å²) in [6.45, 7) is 3.33. The van der Waals surface area contributed by atoms with Crippen LogP contribution in [-0.4, -0.2) is 42.1 Å². The van der Waals surface area contributed by atoms with Gasteiger partial charge in [0.25, 0.3) is 11.6 Å². The largest absolute Gasteiger partial charge is 0.378 e. The fourth-order valence-electron chi connectivity index (χ4n) is 2.55. The Hall–Kier alpha value is -3.00. The topological polar surface area (TPSA) is 97.6 Å². The molecule has 25 heavy (non-hydrogen) atoms. The van der Waals surface area contributed by atoms with Crippen LogP contribution < -0.4 is 10.2 Å². The molecule has 8 nitrogen and oxygen atoms in total. The summed E-state index contributed by atoms with van der Waals surface area (Å²) in [6, 6.07) is 9.47. The van der Waals surface area contributed by atoms with E-state index in [2.05, 4.69) is 15.2 Å². The SMILES string of the molecule is O=C(NCc1ccc(N2CCOCC2)nc1)c1cccc([N+](=O)[O-])c1. The minimum absolute atomic E-state index is 0.107. The standard InChI is InChI=1S/C17H18N4O4/c22-17(14-2-1-3-15(10-14)21(23)24)19-12-13-4-5-16(18-11-13)20-6-8-25-9-7-20/h1-5,10-11H,6-9,12H2,(H,19,22). The number of hydrogen-bond acceptors (Lipinski definition) is 6. The van der Waals surface area contributed by atoms with Gasteiger partial charge in [-0.1, -0.05) is 12.1 Å². The number of pyridine rings is 1. The van der Waals surface area contributed by atoms with Gasteiger partial charge in [0, 0.05) is 43.5 Å². The predicted octanol–water partition coefficient (Wildman–Crippen LogP) is 1.76. The maximum atomic E-state index is 12.1. The maximum absolute atomic E-state index is 12.1. The lowest BCUT2D eigenvalue weighted by atomic mass is 10.2. The van der Waals surface area contributed by atoms with Gasteiger partial charge in [-0.2, -0.15) is 0 Å². The number of amides is 1. The summed E-state index contributed by atoms with van der Waals surface area (Å²) in [5.41, 5.74) is 1.01. The molecule has 1 saturated heterocycles. The minimum atomic E-state index is -0.523. The van der Waals surface area contributed by atoms with Gasteiger partial charge < -0.3 is 15.0 Å². The number of rotatable bonds is 5. The van der Waals surface area contributed by atoms with E-state index in [4.69, 9.17) is 4.74 Å². The van der Waals surface area contributed by atoms with Gasteiger partial charge in [-0.3, -0.25) is 14.9 Å². The fourth-order valence-corrected chi connectivity index (χ4v) is 2.55. The summed E-state index contributed by atoms with van der Waals surface area (Å²) in [5, 5.41) is 13.5. The first kappa shape index (κ1) is 16.8. The van der Waals surface area contributed by atoms with E-state index >= 15 is 0 Å². The summed E-state index contributed by atoms with van der Waals surface area (Å²) in [5.74, 6) is 0.526. The molecule has 1 amide bonds. The average molecular weight is 342 g/mol. The molecule has 1 N–H and O–H groups in total. The van der Waals surface area contributed by atoms with Crippen LogP contribution in [0.4, 0.5) is 11.5 Å². The van der Waals surface area contributed by atoms with Gasteiger partial charge in [-0.25, -0.2) is 4.98 Å². The zero-order chi connectivity index (χ0) is 17.6. The monoisotopic (exact) mass is 342 g/mol. The Kier molecular flexibility index (Phi) is 5.20. The molecule has 0 radical (unpaired) electrons. The second-order valence-electron chi connectivity index (χ2n) is 5.61. The summed E-state index contributed by atoms with van der Waals surface area (Å²) in [4.78, 5) is 28.9. The minimum Gasteiger partial charge on any atom is -0.378 e. The van der Waals surface area contributed by atoms with Crippen molar-refractivity contribution in [2.75, 3.05) is 31.2 Å². The van der Waals surface area contributed by atoms with E-state index < -0.39 is 4.92 Å². The van der Waals surface area contributed by atoms with Gasteiger partial charge in [0.1, 0.15) is 5.82 Å². The van der Waals surface area contributed by atoms with E-state index in [0.717, 1.165) is 24.5 Å². The summed E-state index contributed by atoms with van der Waals surface area (Å²) >= 11 is 0. The number of nitro groups is 1. The van der Waals surface area contributed by atoms with Crippen molar-refractivity contribution in [3.8, 4) is 0 Å². The number of anilines is 1. The molecule has 0 bridgehead atoms. The first-order valence-corrected chi connectivity index (χ1v) is 7.94. The van der Waals surface area contributed by atoms with Gasteiger partial charge in [-0.05, 0) is 17.7 Å². The van der Waals surface area contributed by atoms with Crippen LogP contribution in [0.2, 0.25) is 0 Å². The van der Waals surface area contributed by atoms with E-state index in [1.54, 1.807) is 12.3 Å². The smallest absolute Gasteiger partial charge is 0.270 e. The predicted molar refractivity (Wildman–Crippen MR) is 91.5 cm³/mol. The van der Waals surface area contributed by atoms with E-state index in [0.29, 0.717) is 19.8 Å². The van der Waals surface area contributed by atoms with Crippen molar-refractivity contribution in [2.24, 2.45) is 0 Å². The second-order valence-corrected chi connectivity index (χ2v) is 5.61. The molecule has 0 atom stereocenters. The highest BCUT2D eigenvalue weighted by molar-refractivity contribution is 5.94. The lowest BCUT2D eigenvalue weighted by Gasteiger charge is -2.27. The number of nitrogens with one attached hydrogen (secondary N) is 1. The van der Waals surface area contributed by atoms with Crippen LogP contribution in [0.5, 0.6) is 0 Å². The number of nitro benzene ring substituents is 1. The van der Waals surface area contributed by atoms with E-state index in [1.807, 2.05) is 12.1 Å². The fraction of sp³-hybridized carbons (Fsp3) is 0.294. The van der Waals surface area contributed by atoms with E-state index in [9.17, 15) is 14.9 Å². The number of nitrogens with zero attached hydrogens (tertiary/aromatic N) is 3. The van der Waals surface area contributed by atoms with Crippen LogP contribution in [0.15, 0.2) is 42.6 Å². The molecule has 0 spiro atoms. The normalized spacial score (nSPS) is 14.2. The van der Waals surface area contributed by atoms with Crippen molar-refractivity contribution < 1.29 is 14.5 Å². The zero-order valence-electron chi connectivity index (χ0n) is 13.6. The Labute approximate surface area is 144 Å². The van der Waals surface area contributed by atoms with Gasteiger partial charge in [-0.15, -0.1) is 0 Å². The Morgan fingerprint density at radius 3 is 2.76 bits per heavy atom. The quantitative estimate of drug-likeness (QED) is 0.657. The number of aromatic nitrogens is 1.